The lowest BCUT2D eigenvalue weighted by molar-refractivity contribution is 0.611. The van der Waals surface area contributed by atoms with E-state index in [2.05, 4.69) is 21.8 Å². The van der Waals surface area contributed by atoms with Gasteiger partial charge in [0.15, 0.2) is 0 Å². The first-order valence-corrected chi connectivity index (χ1v) is 5.83. The van der Waals surface area contributed by atoms with Crippen LogP contribution in [-0.4, -0.2) is 22.6 Å². The average Bonchev–Trinajstić information content (AvgIpc) is 2.41. The smallest absolute Gasteiger partial charge is 0.223 e. The van der Waals surface area contributed by atoms with Crippen molar-refractivity contribution in [3.8, 4) is 0 Å². The quantitative estimate of drug-likeness (QED) is 0.749. The molecule has 5 heteroatoms. The lowest BCUT2D eigenvalue weighted by Crippen LogP contribution is -2.33. The highest BCUT2D eigenvalue weighted by molar-refractivity contribution is 5.51. The van der Waals surface area contributed by atoms with Crippen LogP contribution in [0, 0.1) is 0 Å². The molecule has 2 heterocycles. The van der Waals surface area contributed by atoms with E-state index in [4.69, 9.17) is 11.5 Å². The Balaban J connectivity index is 2.26. The van der Waals surface area contributed by atoms with Crippen molar-refractivity contribution in [2.24, 2.45) is 0 Å². The molecule has 2 rings (SSSR count). The van der Waals surface area contributed by atoms with Gasteiger partial charge in [0.2, 0.25) is 5.95 Å². The van der Waals surface area contributed by atoms with Crippen LogP contribution in [0.3, 0.4) is 0 Å². The predicted octanol–water partition coefficient (Wildman–Crippen LogP) is 1.41. The zero-order chi connectivity index (χ0) is 11.5. The minimum atomic E-state index is 0.256. The molecule has 0 bridgehead atoms. The van der Waals surface area contributed by atoms with Crippen molar-refractivity contribution in [3.05, 3.63) is 6.07 Å². The minimum Gasteiger partial charge on any atom is -0.383 e. The van der Waals surface area contributed by atoms with Crippen molar-refractivity contribution < 1.29 is 0 Å². The number of anilines is 3. The zero-order valence-electron chi connectivity index (χ0n) is 9.69. The monoisotopic (exact) mass is 221 g/mol. The summed E-state index contributed by atoms with van der Waals surface area (Å²) < 4.78 is 0. The average molecular weight is 221 g/mol. The summed E-state index contributed by atoms with van der Waals surface area (Å²) in [6.07, 6.45) is 4.97. The fourth-order valence-electron chi connectivity index (χ4n) is 2.23. The first-order valence-electron chi connectivity index (χ1n) is 5.83. The number of nitrogen functional groups attached to an aromatic ring is 2. The van der Waals surface area contributed by atoms with Crippen LogP contribution >= 0.6 is 0 Å². The SMILES string of the molecule is CC1CCCCCN1c1cc(N)nc(N)n1. The summed E-state index contributed by atoms with van der Waals surface area (Å²) in [6, 6.07) is 2.30. The van der Waals surface area contributed by atoms with E-state index < -0.39 is 0 Å². The van der Waals surface area contributed by atoms with Crippen LogP contribution in [0.5, 0.6) is 0 Å². The molecule has 0 amide bonds. The lowest BCUT2D eigenvalue weighted by atomic mass is 10.1. The molecule has 1 saturated heterocycles. The van der Waals surface area contributed by atoms with Gasteiger partial charge in [-0.25, -0.2) is 0 Å². The van der Waals surface area contributed by atoms with Gasteiger partial charge in [-0.2, -0.15) is 9.97 Å². The van der Waals surface area contributed by atoms with Gasteiger partial charge in [0.1, 0.15) is 11.6 Å². The molecule has 16 heavy (non-hydrogen) atoms. The van der Waals surface area contributed by atoms with Crippen LogP contribution in [-0.2, 0) is 0 Å². The van der Waals surface area contributed by atoms with Gasteiger partial charge in [0.25, 0.3) is 0 Å². The van der Waals surface area contributed by atoms with Crippen molar-refractivity contribution >= 4 is 17.6 Å². The van der Waals surface area contributed by atoms with E-state index in [9.17, 15) is 0 Å². The van der Waals surface area contributed by atoms with Crippen molar-refractivity contribution in [3.63, 3.8) is 0 Å². The van der Waals surface area contributed by atoms with Crippen LogP contribution < -0.4 is 16.4 Å². The first kappa shape index (κ1) is 11.0. The molecule has 4 N–H and O–H groups in total. The maximum absolute atomic E-state index is 5.69. The largest absolute Gasteiger partial charge is 0.383 e. The van der Waals surface area contributed by atoms with Crippen LogP contribution in [0.4, 0.5) is 17.6 Å². The van der Waals surface area contributed by atoms with E-state index >= 15 is 0 Å². The maximum atomic E-state index is 5.69. The molecule has 0 aromatic carbocycles. The molecule has 1 aromatic rings. The molecule has 5 nitrogen and oxygen atoms in total. The first-order chi connectivity index (χ1) is 7.66. The number of hydrogen-bond acceptors (Lipinski definition) is 5. The number of nitrogens with two attached hydrogens (primary N) is 2. The summed E-state index contributed by atoms with van der Waals surface area (Å²) in [6.45, 7) is 3.25. The Morgan fingerprint density at radius 1 is 1.25 bits per heavy atom. The Hall–Kier alpha value is -1.52. The number of rotatable bonds is 1. The summed E-state index contributed by atoms with van der Waals surface area (Å²) in [7, 11) is 0. The highest BCUT2D eigenvalue weighted by Gasteiger charge is 2.18. The molecular weight excluding hydrogens is 202 g/mol. The van der Waals surface area contributed by atoms with Crippen LogP contribution in [0.15, 0.2) is 6.07 Å². The van der Waals surface area contributed by atoms with Gasteiger partial charge < -0.3 is 16.4 Å². The van der Waals surface area contributed by atoms with Gasteiger partial charge in [-0.05, 0) is 19.8 Å². The van der Waals surface area contributed by atoms with Crippen LogP contribution in [0.1, 0.15) is 32.6 Å². The van der Waals surface area contributed by atoms with Crippen LogP contribution in [0.25, 0.3) is 0 Å². The summed E-state index contributed by atoms with van der Waals surface area (Å²) in [5.74, 6) is 1.56. The molecule has 1 aromatic heterocycles. The van der Waals surface area contributed by atoms with Crippen molar-refractivity contribution in [1.82, 2.24) is 9.97 Å². The van der Waals surface area contributed by atoms with Crippen molar-refractivity contribution in [2.45, 2.75) is 38.6 Å². The highest BCUT2D eigenvalue weighted by atomic mass is 15.2. The topological polar surface area (TPSA) is 81.1 Å². The van der Waals surface area contributed by atoms with Gasteiger partial charge in [-0.3, -0.25) is 0 Å². The summed E-state index contributed by atoms with van der Waals surface area (Å²) in [5, 5.41) is 0. The zero-order valence-corrected chi connectivity index (χ0v) is 9.69. The van der Waals surface area contributed by atoms with Gasteiger partial charge in [-0.15, -0.1) is 0 Å². The summed E-state index contributed by atoms with van der Waals surface area (Å²) in [4.78, 5) is 10.4. The molecule has 0 saturated carbocycles. The van der Waals surface area contributed by atoms with E-state index in [-0.39, 0.29) is 5.95 Å². The van der Waals surface area contributed by atoms with E-state index in [1.807, 2.05) is 0 Å². The molecule has 1 unspecified atom stereocenters. The highest BCUT2D eigenvalue weighted by Crippen LogP contribution is 2.23. The van der Waals surface area contributed by atoms with Gasteiger partial charge >= 0.3 is 0 Å². The lowest BCUT2D eigenvalue weighted by Gasteiger charge is -2.28. The summed E-state index contributed by atoms with van der Waals surface area (Å²) in [5.41, 5.74) is 11.3. The Bertz CT molecular complexity index is 345. The molecular formula is C11H19N5. The van der Waals surface area contributed by atoms with E-state index in [0.29, 0.717) is 11.9 Å². The Labute approximate surface area is 95.9 Å². The molecule has 0 spiro atoms. The second-order valence-corrected chi connectivity index (χ2v) is 4.40. The van der Waals surface area contributed by atoms with Crippen molar-refractivity contribution in [1.29, 1.82) is 0 Å². The number of hydrogen-bond donors (Lipinski definition) is 2. The maximum Gasteiger partial charge on any atom is 0.223 e. The number of aromatic nitrogens is 2. The minimum absolute atomic E-state index is 0.256. The van der Waals surface area contributed by atoms with Crippen molar-refractivity contribution in [2.75, 3.05) is 22.9 Å². The molecule has 1 fully saturated rings. The fourth-order valence-corrected chi connectivity index (χ4v) is 2.23. The van der Waals surface area contributed by atoms with Gasteiger partial charge in [-0.1, -0.05) is 12.8 Å². The molecule has 0 radical (unpaired) electrons. The molecule has 1 aliphatic heterocycles. The standard InChI is InChI=1S/C11H19N5/c1-8-5-3-2-4-6-16(8)10-7-9(12)14-11(13)15-10/h7-8H,2-6H2,1H3,(H4,12,13,14,15). The third-order valence-corrected chi connectivity index (χ3v) is 3.10. The third-order valence-electron chi connectivity index (χ3n) is 3.10. The fraction of sp³-hybridized carbons (Fsp3) is 0.636. The molecule has 0 aliphatic carbocycles. The van der Waals surface area contributed by atoms with Crippen LogP contribution in [0.2, 0.25) is 0 Å². The number of nitrogens with zero attached hydrogens (tertiary/aromatic N) is 3. The van der Waals surface area contributed by atoms with Gasteiger partial charge in [0.05, 0.1) is 0 Å². The predicted molar refractivity (Wildman–Crippen MR) is 66.1 cm³/mol. The van der Waals surface area contributed by atoms with Gasteiger partial charge in [0, 0.05) is 18.7 Å². The summed E-state index contributed by atoms with van der Waals surface area (Å²) >= 11 is 0. The van der Waals surface area contributed by atoms with E-state index in [1.165, 1.54) is 25.7 Å². The molecule has 1 atom stereocenters. The van der Waals surface area contributed by atoms with E-state index in [1.54, 1.807) is 6.07 Å². The molecule has 88 valence electrons. The Morgan fingerprint density at radius 3 is 2.81 bits per heavy atom. The Kier molecular flexibility index (Phi) is 3.12. The van der Waals surface area contributed by atoms with E-state index in [0.717, 1.165) is 12.4 Å². The second kappa shape index (κ2) is 4.55. The second-order valence-electron chi connectivity index (χ2n) is 4.40. The molecule has 1 aliphatic rings. The Morgan fingerprint density at radius 2 is 2.06 bits per heavy atom. The normalized spacial score (nSPS) is 21.8. The third kappa shape index (κ3) is 2.35.